The number of anilines is 1. The molecule has 0 atom stereocenters. The SMILES string of the molecule is CCCc1cc(C(=O)N2CCNC(=O)C2)cc(NN)n1. The summed E-state index contributed by atoms with van der Waals surface area (Å²) in [6, 6.07) is 3.37. The number of piperazine rings is 1. The van der Waals surface area contributed by atoms with Crippen molar-refractivity contribution >= 4 is 17.6 Å². The number of carbonyl (C=O) groups is 2. The number of aryl methyl sites for hydroxylation is 1. The van der Waals surface area contributed by atoms with Gasteiger partial charge in [0.05, 0.1) is 6.54 Å². The summed E-state index contributed by atoms with van der Waals surface area (Å²) in [5.74, 6) is 5.54. The smallest absolute Gasteiger partial charge is 0.254 e. The zero-order valence-electron chi connectivity index (χ0n) is 11.5. The van der Waals surface area contributed by atoms with Crippen LogP contribution < -0.4 is 16.6 Å². The van der Waals surface area contributed by atoms with Crippen molar-refractivity contribution in [3.63, 3.8) is 0 Å². The maximum absolute atomic E-state index is 12.4. The van der Waals surface area contributed by atoms with Gasteiger partial charge in [-0.05, 0) is 18.6 Å². The molecular weight excluding hydrogens is 258 g/mol. The standard InChI is InChI=1S/C13H19N5O2/c1-2-3-10-6-9(7-11(16-10)17-14)13(20)18-5-4-15-12(19)8-18/h6-7H,2-5,8,14H2,1H3,(H,15,19)(H,16,17). The lowest BCUT2D eigenvalue weighted by Crippen LogP contribution is -2.50. The van der Waals surface area contributed by atoms with Gasteiger partial charge in [-0.2, -0.15) is 0 Å². The predicted molar refractivity (Wildman–Crippen MR) is 75.0 cm³/mol. The van der Waals surface area contributed by atoms with Crippen LogP contribution in [0.15, 0.2) is 12.1 Å². The fraction of sp³-hybridized carbons (Fsp3) is 0.462. The Balaban J connectivity index is 2.23. The molecule has 7 nitrogen and oxygen atoms in total. The average Bonchev–Trinajstić information content (AvgIpc) is 2.46. The Bertz CT molecular complexity index is 517. The number of carbonyl (C=O) groups excluding carboxylic acids is 2. The highest BCUT2D eigenvalue weighted by atomic mass is 16.2. The molecule has 0 saturated carbocycles. The van der Waals surface area contributed by atoms with Gasteiger partial charge in [0, 0.05) is 24.3 Å². The number of nitrogens with zero attached hydrogens (tertiary/aromatic N) is 2. The van der Waals surface area contributed by atoms with Gasteiger partial charge in [0.15, 0.2) is 0 Å². The molecule has 2 amide bonds. The second kappa shape index (κ2) is 6.33. The minimum absolute atomic E-state index is 0.0929. The fourth-order valence-corrected chi connectivity index (χ4v) is 2.16. The van der Waals surface area contributed by atoms with Crippen molar-refractivity contribution in [3.8, 4) is 0 Å². The number of pyridine rings is 1. The van der Waals surface area contributed by atoms with Crippen LogP contribution in [0.5, 0.6) is 0 Å². The number of amides is 2. The molecule has 1 aliphatic heterocycles. The Morgan fingerprint density at radius 2 is 2.35 bits per heavy atom. The van der Waals surface area contributed by atoms with Crippen LogP contribution in [0.2, 0.25) is 0 Å². The van der Waals surface area contributed by atoms with Gasteiger partial charge in [-0.1, -0.05) is 13.3 Å². The van der Waals surface area contributed by atoms with Gasteiger partial charge in [-0.25, -0.2) is 10.8 Å². The zero-order valence-corrected chi connectivity index (χ0v) is 11.5. The third-order valence-corrected chi connectivity index (χ3v) is 3.10. The first-order valence-electron chi connectivity index (χ1n) is 6.67. The van der Waals surface area contributed by atoms with Gasteiger partial charge < -0.3 is 15.6 Å². The minimum atomic E-state index is -0.170. The summed E-state index contributed by atoms with van der Waals surface area (Å²) in [6.07, 6.45) is 1.71. The Morgan fingerprint density at radius 3 is 3.00 bits per heavy atom. The molecule has 2 heterocycles. The summed E-state index contributed by atoms with van der Waals surface area (Å²) >= 11 is 0. The number of nitrogen functional groups attached to an aromatic ring is 1. The van der Waals surface area contributed by atoms with Crippen molar-refractivity contribution in [2.75, 3.05) is 25.1 Å². The van der Waals surface area contributed by atoms with Crippen molar-refractivity contribution in [2.24, 2.45) is 5.84 Å². The molecule has 0 unspecified atom stereocenters. The second-order valence-electron chi connectivity index (χ2n) is 4.70. The Labute approximate surface area is 117 Å². The molecule has 2 rings (SSSR count). The topological polar surface area (TPSA) is 100 Å². The van der Waals surface area contributed by atoms with Crippen molar-refractivity contribution in [2.45, 2.75) is 19.8 Å². The van der Waals surface area contributed by atoms with E-state index in [1.807, 2.05) is 6.92 Å². The molecule has 20 heavy (non-hydrogen) atoms. The molecule has 108 valence electrons. The first kappa shape index (κ1) is 14.3. The van der Waals surface area contributed by atoms with E-state index in [1.54, 1.807) is 12.1 Å². The van der Waals surface area contributed by atoms with Crippen LogP contribution in [0.4, 0.5) is 5.82 Å². The van der Waals surface area contributed by atoms with E-state index in [-0.39, 0.29) is 18.4 Å². The van der Waals surface area contributed by atoms with Crippen LogP contribution in [0.25, 0.3) is 0 Å². The predicted octanol–water partition coefficient (Wildman–Crippen LogP) is -0.108. The van der Waals surface area contributed by atoms with Crippen molar-refractivity contribution in [1.29, 1.82) is 0 Å². The summed E-state index contributed by atoms with van der Waals surface area (Å²) < 4.78 is 0. The van der Waals surface area contributed by atoms with Gasteiger partial charge in [0.1, 0.15) is 5.82 Å². The van der Waals surface area contributed by atoms with E-state index >= 15 is 0 Å². The van der Waals surface area contributed by atoms with E-state index in [4.69, 9.17) is 5.84 Å². The van der Waals surface area contributed by atoms with Crippen LogP contribution in [0.1, 0.15) is 29.4 Å². The molecule has 1 aliphatic rings. The van der Waals surface area contributed by atoms with Crippen LogP contribution >= 0.6 is 0 Å². The fourth-order valence-electron chi connectivity index (χ4n) is 2.16. The molecule has 4 N–H and O–H groups in total. The lowest BCUT2D eigenvalue weighted by Gasteiger charge is -2.26. The lowest BCUT2D eigenvalue weighted by molar-refractivity contribution is -0.123. The Hall–Kier alpha value is -2.15. The van der Waals surface area contributed by atoms with Crippen molar-refractivity contribution < 1.29 is 9.59 Å². The van der Waals surface area contributed by atoms with Gasteiger partial charge >= 0.3 is 0 Å². The van der Waals surface area contributed by atoms with Gasteiger partial charge in [-0.15, -0.1) is 0 Å². The molecule has 7 heteroatoms. The first-order chi connectivity index (χ1) is 9.63. The van der Waals surface area contributed by atoms with Crippen LogP contribution in [0.3, 0.4) is 0 Å². The Morgan fingerprint density at radius 1 is 1.55 bits per heavy atom. The van der Waals surface area contributed by atoms with E-state index in [9.17, 15) is 9.59 Å². The zero-order chi connectivity index (χ0) is 14.5. The largest absolute Gasteiger partial charge is 0.353 e. The molecule has 0 radical (unpaired) electrons. The number of hydrogen-bond acceptors (Lipinski definition) is 5. The number of nitrogens with two attached hydrogens (primary N) is 1. The van der Waals surface area contributed by atoms with Gasteiger partial charge in [0.25, 0.3) is 5.91 Å². The van der Waals surface area contributed by atoms with E-state index < -0.39 is 0 Å². The Kier molecular flexibility index (Phi) is 4.52. The molecule has 0 spiro atoms. The van der Waals surface area contributed by atoms with Crippen LogP contribution in [0, 0.1) is 0 Å². The van der Waals surface area contributed by atoms with Gasteiger partial charge in [-0.3, -0.25) is 9.59 Å². The van der Waals surface area contributed by atoms with E-state index in [2.05, 4.69) is 15.7 Å². The molecule has 0 aliphatic carbocycles. The molecule has 0 bridgehead atoms. The average molecular weight is 277 g/mol. The third kappa shape index (κ3) is 3.24. The molecule has 1 aromatic rings. The van der Waals surface area contributed by atoms with Crippen LogP contribution in [-0.4, -0.2) is 41.3 Å². The number of hydrogen-bond donors (Lipinski definition) is 3. The third-order valence-electron chi connectivity index (χ3n) is 3.10. The summed E-state index contributed by atoms with van der Waals surface area (Å²) in [7, 11) is 0. The maximum Gasteiger partial charge on any atom is 0.254 e. The normalized spacial score (nSPS) is 14.9. The van der Waals surface area contributed by atoms with E-state index in [1.165, 1.54) is 4.90 Å². The summed E-state index contributed by atoms with van der Waals surface area (Å²) in [6.45, 7) is 3.14. The highest BCUT2D eigenvalue weighted by Gasteiger charge is 2.23. The minimum Gasteiger partial charge on any atom is -0.353 e. The lowest BCUT2D eigenvalue weighted by atomic mass is 10.1. The molecule has 1 fully saturated rings. The van der Waals surface area contributed by atoms with Crippen LogP contribution in [-0.2, 0) is 11.2 Å². The number of aromatic nitrogens is 1. The molecular formula is C13H19N5O2. The first-order valence-corrected chi connectivity index (χ1v) is 6.67. The maximum atomic E-state index is 12.4. The quantitative estimate of drug-likeness (QED) is 0.527. The number of nitrogens with one attached hydrogen (secondary N) is 2. The monoisotopic (exact) mass is 277 g/mol. The summed E-state index contributed by atoms with van der Waals surface area (Å²) in [5.41, 5.74) is 3.79. The summed E-state index contributed by atoms with van der Waals surface area (Å²) in [5, 5.41) is 2.70. The number of rotatable bonds is 4. The highest BCUT2D eigenvalue weighted by molar-refractivity contribution is 5.97. The van der Waals surface area contributed by atoms with Crippen molar-refractivity contribution in [3.05, 3.63) is 23.4 Å². The highest BCUT2D eigenvalue weighted by Crippen LogP contribution is 2.14. The number of hydrazine groups is 1. The molecule has 1 saturated heterocycles. The van der Waals surface area contributed by atoms with Gasteiger partial charge in [0.2, 0.25) is 5.91 Å². The molecule has 0 aromatic carbocycles. The van der Waals surface area contributed by atoms with E-state index in [0.717, 1.165) is 18.5 Å². The van der Waals surface area contributed by atoms with Crippen molar-refractivity contribution in [1.82, 2.24) is 15.2 Å². The van der Waals surface area contributed by atoms with E-state index in [0.29, 0.717) is 24.5 Å². The molecule has 1 aromatic heterocycles. The summed E-state index contributed by atoms with van der Waals surface area (Å²) in [4.78, 5) is 29.6. The second-order valence-corrected chi connectivity index (χ2v) is 4.70.